The van der Waals surface area contributed by atoms with Crippen molar-refractivity contribution < 1.29 is 0 Å². The Labute approximate surface area is 138 Å². The summed E-state index contributed by atoms with van der Waals surface area (Å²) < 4.78 is 2.27. The summed E-state index contributed by atoms with van der Waals surface area (Å²) in [4.78, 5) is 9.60. The average molecular weight is 310 g/mol. The van der Waals surface area contributed by atoms with Crippen LogP contribution in [0.3, 0.4) is 0 Å². The summed E-state index contributed by atoms with van der Waals surface area (Å²) >= 11 is 0. The molecule has 0 amide bonds. The van der Waals surface area contributed by atoms with Crippen molar-refractivity contribution in [3.05, 3.63) is 48.5 Å². The van der Waals surface area contributed by atoms with Crippen LogP contribution in [0.5, 0.6) is 0 Å². The first-order chi connectivity index (χ1) is 11.4. The molecule has 0 bridgehead atoms. The van der Waals surface area contributed by atoms with E-state index in [4.69, 9.17) is 0 Å². The molecule has 2 aromatic heterocycles. The van der Waals surface area contributed by atoms with Crippen molar-refractivity contribution in [3.63, 3.8) is 0 Å². The van der Waals surface area contributed by atoms with Gasteiger partial charge in [-0.3, -0.25) is 14.8 Å². The van der Waals surface area contributed by atoms with E-state index in [-0.39, 0.29) is 0 Å². The Kier molecular flexibility index (Phi) is 4.44. The topological polar surface area (TPSA) is 24.3 Å². The first-order valence-corrected chi connectivity index (χ1v) is 8.93. The van der Waals surface area contributed by atoms with Crippen LogP contribution >= 0.6 is 0 Å². The number of rotatable bonds is 4. The Morgan fingerprint density at radius 3 is 2.78 bits per heavy atom. The van der Waals surface area contributed by atoms with Crippen LogP contribution in [-0.2, 0) is 6.54 Å². The van der Waals surface area contributed by atoms with Crippen LogP contribution in [0.15, 0.2) is 42.9 Å². The number of nitrogens with zero attached hydrogens (tertiary/aromatic N) is 4. The zero-order chi connectivity index (χ0) is 15.5. The summed E-state index contributed by atoms with van der Waals surface area (Å²) in [5.41, 5.74) is 2.51. The second-order valence-electron chi connectivity index (χ2n) is 6.85. The lowest BCUT2D eigenvalue weighted by atomic mass is 10.0. The minimum Gasteiger partial charge on any atom is -0.318 e. The van der Waals surface area contributed by atoms with E-state index in [2.05, 4.69) is 43.7 Å². The Balaban J connectivity index is 1.45. The largest absolute Gasteiger partial charge is 0.318 e. The van der Waals surface area contributed by atoms with Crippen LogP contribution in [0.4, 0.5) is 0 Å². The number of hydrogen-bond donors (Lipinski definition) is 0. The molecule has 1 unspecified atom stereocenters. The van der Waals surface area contributed by atoms with Gasteiger partial charge < -0.3 is 4.57 Å². The van der Waals surface area contributed by atoms with Gasteiger partial charge in [-0.25, -0.2) is 0 Å². The van der Waals surface area contributed by atoms with Crippen molar-refractivity contribution in [1.82, 2.24) is 19.4 Å². The molecule has 4 nitrogen and oxygen atoms in total. The van der Waals surface area contributed by atoms with Crippen molar-refractivity contribution in [2.45, 2.75) is 38.3 Å². The van der Waals surface area contributed by atoms with Crippen molar-refractivity contribution in [2.24, 2.45) is 0 Å². The summed E-state index contributed by atoms with van der Waals surface area (Å²) in [5.74, 6) is 0. The summed E-state index contributed by atoms with van der Waals surface area (Å²) in [6.07, 6.45) is 11.4. The van der Waals surface area contributed by atoms with Crippen LogP contribution < -0.4 is 0 Å². The highest BCUT2D eigenvalue weighted by Crippen LogP contribution is 2.22. The second-order valence-corrected chi connectivity index (χ2v) is 6.85. The van der Waals surface area contributed by atoms with E-state index in [9.17, 15) is 0 Å². The molecule has 2 saturated heterocycles. The molecular formula is C19H26N4. The first-order valence-electron chi connectivity index (χ1n) is 8.93. The minimum absolute atomic E-state index is 0.771. The average Bonchev–Trinajstić information content (AvgIpc) is 3.28. The smallest absolute Gasteiger partial charge is 0.0636 e. The number of piperidine rings is 1. The molecule has 2 aliphatic rings. The molecule has 0 saturated carbocycles. The van der Waals surface area contributed by atoms with Gasteiger partial charge in [0.05, 0.1) is 11.9 Å². The van der Waals surface area contributed by atoms with Crippen molar-refractivity contribution in [3.8, 4) is 5.69 Å². The zero-order valence-electron chi connectivity index (χ0n) is 13.8. The van der Waals surface area contributed by atoms with Gasteiger partial charge in [0.25, 0.3) is 0 Å². The fraction of sp³-hybridized carbons (Fsp3) is 0.526. The number of pyridine rings is 1. The molecule has 2 aromatic rings. The zero-order valence-corrected chi connectivity index (χ0v) is 13.8. The Bertz CT molecular complexity index is 615. The maximum absolute atomic E-state index is 4.25. The molecular weight excluding hydrogens is 284 g/mol. The van der Waals surface area contributed by atoms with E-state index >= 15 is 0 Å². The SMILES string of the molecule is c1cncc(-n2cccc2CN2CCCC(N3CCCC3)C2)c1. The molecule has 0 aliphatic carbocycles. The van der Waals surface area contributed by atoms with Gasteiger partial charge in [0.2, 0.25) is 0 Å². The van der Waals surface area contributed by atoms with E-state index in [1.54, 1.807) is 0 Å². The lowest BCUT2D eigenvalue weighted by molar-refractivity contribution is 0.109. The molecule has 2 aliphatic heterocycles. The minimum atomic E-state index is 0.771. The quantitative estimate of drug-likeness (QED) is 0.868. The maximum atomic E-state index is 4.25. The fourth-order valence-corrected chi connectivity index (χ4v) is 4.10. The fourth-order valence-electron chi connectivity index (χ4n) is 4.10. The first kappa shape index (κ1) is 14.9. The molecule has 122 valence electrons. The summed E-state index contributed by atoms with van der Waals surface area (Å²) in [5, 5.41) is 0. The normalized spacial score (nSPS) is 23.4. The highest BCUT2D eigenvalue weighted by molar-refractivity contribution is 5.32. The van der Waals surface area contributed by atoms with Crippen molar-refractivity contribution >= 4 is 0 Å². The van der Waals surface area contributed by atoms with Gasteiger partial charge in [0, 0.05) is 37.2 Å². The van der Waals surface area contributed by atoms with Crippen molar-refractivity contribution in [1.29, 1.82) is 0 Å². The molecule has 2 fully saturated rings. The van der Waals surface area contributed by atoms with Crippen LogP contribution in [0, 0.1) is 0 Å². The van der Waals surface area contributed by atoms with E-state index in [0.29, 0.717) is 0 Å². The van der Waals surface area contributed by atoms with Gasteiger partial charge in [-0.1, -0.05) is 0 Å². The van der Waals surface area contributed by atoms with Crippen LogP contribution in [-0.4, -0.2) is 51.6 Å². The number of hydrogen-bond acceptors (Lipinski definition) is 3. The van der Waals surface area contributed by atoms with E-state index in [1.165, 1.54) is 57.6 Å². The van der Waals surface area contributed by atoms with E-state index < -0.39 is 0 Å². The molecule has 1 atom stereocenters. The lowest BCUT2D eigenvalue weighted by Gasteiger charge is -2.37. The van der Waals surface area contributed by atoms with Gasteiger partial charge in [0.15, 0.2) is 0 Å². The van der Waals surface area contributed by atoms with Crippen LogP contribution in [0.2, 0.25) is 0 Å². The third kappa shape index (κ3) is 3.33. The molecule has 0 N–H and O–H groups in total. The highest BCUT2D eigenvalue weighted by Gasteiger charge is 2.27. The van der Waals surface area contributed by atoms with Gasteiger partial charge >= 0.3 is 0 Å². The second kappa shape index (κ2) is 6.85. The van der Waals surface area contributed by atoms with Crippen LogP contribution in [0.1, 0.15) is 31.4 Å². The van der Waals surface area contributed by atoms with Crippen LogP contribution in [0.25, 0.3) is 5.69 Å². The van der Waals surface area contributed by atoms with Gasteiger partial charge in [-0.15, -0.1) is 0 Å². The maximum Gasteiger partial charge on any atom is 0.0636 e. The predicted octanol–water partition coefficient (Wildman–Crippen LogP) is 2.93. The number of likely N-dealkylation sites (tertiary alicyclic amines) is 2. The standard InChI is InChI=1S/C19H26N4/c1-2-12-22(11-1)18-7-4-10-21(15-18)16-19-8-5-13-23(19)17-6-3-9-20-14-17/h3,5-6,8-9,13-14,18H,1-2,4,7,10-12,15-16H2. The third-order valence-corrected chi connectivity index (χ3v) is 5.28. The molecule has 0 aromatic carbocycles. The van der Waals surface area contributed by atoms with Crippen molar-refractivity contribution in [2.75, 3.05) is 26.2 Å². The Hall–Kier alpha value is -1.65. The van der Waals surface area contributed by atoms with Gasteiger partial charge in [0.1, 0.15) is 0 Å². The predicted molar refractivity (Wildman–Crippen MR) is 92.7 cm³/mol. The monoisotopic (exact) mass is 310 g/mol. The summed E-state index contributed by atoms with van der Waals surface area (Å²) in [6, 6.07) is 9.29. The molecule has 4 heteroatoms. The van der Waals surface area contributed by atoms with Gasteiger partial charge in [-0.05, 0) is 69.6 Å². The lowest BCUT2D eigenvalue weighted by Crippen LogP contribution is -2.46. The van der Waals surface area contributed by atoms with Gasteiger partial charge in [-0.2, -0.15) is 0 Å². The molecule has 0 spiro atoms. The number of aromatic nitrogens is 2. The summed E-state index contributed by atoms with van der Waals surface area (Å²) in [6.45, 7) is 6.10. The molecule has 23 heavy (non-hydrogen) atoms. The highest BCUT2D eigenvalue weighted by atomic mass is 15.2. The molecule has 0 radical (unpaired) electrons. The molecule has 4 rings (SSSR count). The Morgan fingerprint density at radius 1 is 1.04 bits per heavy atom. The Morgan fingerprint density at radius 2 is 1.96 bits per heavy atom. The third-order valence-electron chi connectivity index (χ3n) is 5.28. The van der Waals surface area contributed by atoms with E-state index in [1.807, 2.05) is 18.5 Å². The summed E-state index contributed by atoms with van der Waals surface area (Å²) in [7, 11) is 0. The van der Waals surface area contributed by atoms with E-state index in [0.717, 1.165) is 18.3 Å². The molecule has 4 heterocycles.